The third-order valence-electron chi connectivity index (χ3n) is 2.58. The van der Waals surface area contributed by atoms with Gasteiger partial charge in [0.15, 0.2) is 5.84 Å². The van der Waals surface area contributed by atoms with Gasteiger partial charge in [-0.2, -0.15) is 0 Å². The fourth-order valence-electron chi connectivity index (χ4n) is 1.46. The van der Waals surface area contributed by atoms with Gasteiger partial charge in [0.25, 0.3) is 0 Å². The molecule has 18 heavy (non-hydrogen) atoms. The van der Waals surface area contributed by atoms with E-state index in [1.807, 2.05) is 6.92 Å². The first kappa shape index (κ1) is 14.3. The second-order valence-electron chi connectivity index (χ2n) is 5.45. The van der Waals surface area contributed by atoms with Crippen molar-refractivity contribution in [3.05, 3.63) is 23.4 Å². The van der Waals surface area contributed by atoms with E-state index >= 15 is 0 Å². The summed E-state index contributed by atoms with van der Waals surface area (Å²) >= 11 is 0. The average Bonchev–Trinajstić information content (AvgIpc) is 2.26. The lowest BCUT2D eigenvalue weighted by atomic mass is 9.93. The molecule has 0 aromatic carbocycles. The van der Waals surface area contributed by atoms with Gasteiger partial charge in [-0.3, -0.25) is 0 Å². The third kappa shape index (κ3) is 3.91. The van der Waals surface area contributed by atoms with E-state index in [1.54, 1.807) is 12.3 Å². The van der Waals surface area contributed by atoms with Crippen molar-refractivity contribution in [1.29, 1.82) is 0 Å². The smallest absolute Gasteiger partial charge is 0.224 e. The van der Waals surface area contributed by atoms with E-state index in [0.717, 1.165) is 12.0 Å². The van der Waals surface area contributed by atoms with Gasteiger partial charge in [-0.25, -0.2) is 4.98 Å². The van der Waals surface area contributed by atoms with Crippen molar-refractivity contribution >= 4 is 5.84 Å². The van der Waals surface area contributed by atoms with E-state index in [1.165, 1.54) is 0 Å². The van der Waals surface area contributed by atoms with Gasteiger partial charge in [-0.05, 0) is 30.4 Å². The summed E-state index contributed by atoms with van der Waals surface area (Å²) in [6, 6.07) is 1.80. The first-order chi connectivity index (χ1) is 8.35. The predicted octanol–water partition coefficient (Wildman–Crippen LogP) is 2.30. The van der Waals surface area contributed by atoms with Crippen molar-refractivity contribution in [2.75, 3.05) is 6.61 Å². The molecule has 5 nitrogen and oxygen atoms in total. The van der Waals surface area contributed by atoms with E-state index < -0.39 is 0 Å². The second-order valence-corrected chi connectivity index (χ2v) is 5.45. The maximum Gasteiger partial charge on any atom is 0.224 e. The first-order valence-corrected chi connectivity index (χ1v) is 5.91. The van der Waals surface area contributed by atoms with Crippen LogP contribution in [0.3, 0.4) is 0 Å². The molecule has 1 heterocycles. The molecule has 0 saturated carbocycles. The van der Waals surface area contributed by atoms with Gasteiger partial charge in [0.1, 0.15) is 0 Å². The lowest BCUT2D eigenvalue weighted by Gasteiger charge is -2.18. The van der Waals surface area contributed by atoms with Crippen LogP contribution in [-0.4, -0.2) is 22.6 Å². The molecule has 0 aliphatic rings. The molecule has 0 bridgehead atoms. The van der Waals surface area contributed by atoms with Gasteiger partial charge in [0.05, 0.1) is 12.2 Å². The van der Waals surface area contributed by atoms with Crippen molar-refractivity contribution in [2.24, 2.45) is 16.3 Å². The van der Waals surface area contributed by atoms with Crippen LogP contribution in [0.15, 0.2) is 17.4 Å². The Labute approximate surface area is 108 Å². The molecule has 5 heteroatoms. The molecule has 0 radical (unpaired) electrons. The number of nitrogens with two attached hydrogens (primary N) is 1. The Kier molecular flexibility index (Phi) is 4.53. The van der Waals surface area contributed by atoms with Crippen LogP contribution >= 0.6 is 0 Å². The van der Waals surface area contributed by atoms with Gasteiger partial charge < -0.3 is 15.7 Å². The lowest BCUT2D eigenvalue weighted by molar-refractivity contribution is 0.235. The summed E-state index contributed by atoms with van der Waals surface area (Å²) in [5.74, 6) is 0.431. The topological polar surface area (TPSA) is 80.7 Å². The van der Waals surface area contributed by atoms with Gasteiger partial charge in [-0.1, -0.05) is 25.9 Å². The van der Waals surface area contributed by atoms with Crippen molar-refractivity contribution in [3.8, 4) is 5.88 Å². The molecule has 0 unspecified atom stereocenters. The quantitative estimate of drug-likeness (QED) is 0.372. The SMILES string of the molecule is Cc1ccnc(OCCC(C)(C)C)c1/C(N)=N/O. The van der Waals surface area contributed by atoms with Gasteiger partial charge in [0, 0.05) is 6.20 Å². The Morgan fingerprint density at radius 3 is 2.72 bits per heavy atom. The average molecular weight is 251 g/mol. The van der Waals surface area contributed by atoms with Gasteiger partial charge in [0.2, 0.25) is 5.88 Å². The van der Waals surface area contributed by atoms with E-state index in [2.05, 4.69) is 30.9 Å². The van der Waals surface area contributed by atoms with Crippen LogP contribution in [0.1, 0.15) is 38.3 Å². The Bertz CT molecular complexity index is 436. The lowest BCUT2D eigenvalue weighted by Crippen LogP contribution is -2.18. The maximum atomic E-state index is 8.77. The number of hydrogen-bond donors (Lipinski definition) is 2. The van der Waals surface area contributed by atoms with Crippen molar-refractivity contribution in [2.45, 2.75) is 34.1 Å². The highest BCUT2D eigenvalue weighted by molar-refractivity contribution is 6.00. The van der Waals surface area contributed by atoms with Crippen molar-refractivity contribution < 1.29 is 9.94 Å². The number of nitrogens with zero attached hydrogens (tertiary/aromatic N) is 2. The molecular formula is C13H21N3O2. The number of aryl methyl sites for hydroxylation is 1. The standard InChI is InChI=1S/C13H21N3O2/c1-9-5-7-15-12(10(9)11(14)16-17)18-8-6-13(2,3)4/h5,7,17H,6,8H2,1-4H3,(H2,14,16). The summed E-state index contributed by atoms with van der Waals surface area (Å²) in [7, 11) is 0. The van der Waals surface area contributed by atoms with E-state index in [-0.39, 0.29) is 11.3 Å². The van der Waals surface area contributed by atoms with Gasteiger partial charge in [-0.15, -0.1) is 0 Å². The van der Waals surface area contributed by atoms with Gasteiger partial charge >= 0.3 is 0 Å². The zero-order valence-electron chi connectivity index (χ0n) is 11.4. The summed E-state index contributed by atoms with van der Waals surface area (Å²) in [5, 5.41) is 11.8. The Balaban J connectivity index is 2.86. The number of pyridine rings is 1. The molecule has 0 saturated heterocycles. The largest absolute Gasteiger partial charge is 0.477 e. The molecule has 1 aromatic heterocycles. The molecule has 1 rings (SSSR count). The summed E-state index contributed by atoms with van der Waals surface area (Å²) in [6.07, 6.45) is 2.55. The number of amidine groups is 1. The summed E-state index contributed by atoms with van der Waals surface area (Å²) < 4.78 is 5.63. The molecule has 0 aliphatic heterocycles. The first-order valence-electron chi connectivity index (χ1n) is 5.91. The van der Waals surface area contributed by atoms with Crippen LogP contribution < -0.4 is 10.5 Å². The minimum absolute atomic E-state index is 0.0198. The fourth-order valence-corrected chi connectivity index (χ4v) is 1.46. The molecule has 1 aromatic rings. The molecule has 100 valence electrons. The highest BCUT2D eigenvalue weighted by atomic mass is 16.5. The molecule has 0 amide bonds. The van der Waals surface area contributed by atoms with E-state index in [9.17, 15) is 0 Å². The second kappa shape index (κ2) is 5.71. The number of hydrogen-bond acceptors (Lipinski definition) is 4. The number of aromatic nitrogens is 1. The van der Waals surface area contributed by atoms with Crippen LogP contribution in [0.4, 0.5) is 0 Å². The molecule has 0 spiro atoms. The predicted molar refractivity (Wildman–Crippen MR) is 71.1 cm³/mol. The monoisotopic (exact) mass is 251 g/mol. The number of ether oxygens (including phenoxy) is 1. The van der Waals surface area contributed by atoms with Crippen LogP contribution in [-0.2, 0) is 0 Å². The molecule has 3 N–H and O–H groups in total. The summed E-state index contributed by atoms with van der Waals surface area (Å²) in [4.78, 5) is 4.13. The zero-order valence-corrected chi connectivity index (χ0v) is 11.4. The minimum atomic E-state index is 0.0198. The Morgan fingerprint density at radius 2 is 2.17 bits per heavy atom. The highest BCUT2D eigenvalue weighted by Gasteiger charge is 2.15. The Hall–Kier alpha value is -1.78. The third-order valence-corrected chi connectivity index (χ3v) is 2.58. The van der Waals surface area contributed by atoms with E-state index in [4.69, 9.17) is 15.7 Å². The van der Waals surface area contributed by atoms with Crippen molar-refractivity contribution in [1.82, 2.24) is 4.98 Å². The summed E-state index contributed by atoms with van der Waals surface area (Å²) in [5.41, 5.74) is 7.25. The fraction of sp³-hybridized carbons (Fsp3) is 0.538. The van der Waals surface area contributed by atoms with Crippen molar-refractivity contribution in [3.63, 3.8) is 0 Å². The van der Waals surface area contributed by atoms with Crippen LogP contribution in [0.2, 0.25) is 0 Å². The van der Waals surface area contributed by atoms with E-state index in [0.29, 0.717) is 18.1 Å². The highest BCUT2D eigenvalue weighted by Crippen LogP contribution is 2.22. The molecular weight excluding hydrogens is 230 g/mol. The maximum absolute atomic E-state index is 8.77. The van der Waals surface area contributed by atoms with Crippen LogP contribution in [0.5, 0.6) is 5.88 Å². The minimum Gasteiger partial charge on any atom is -0.477 e. The Morgan fingerprint density at radius 1 is 1.50 bits per heavy atom. The molecule has 0 aliphatic carbocycles. The van der Waals surface area contributed by atoms with Crippen LogP contribution in [0.25, 0.3) is 0 Å². The molecule has 0 fully saturated rings. The number of rotatable bonds is 4. The zero-order chi connectivity index (χ0) is 13.8. The molecule has 0 atom stereocenters. The normalized spacial score (nSPS) is 12.6. The van der Waals surface area contributed by atoms with Crippen LogP contribution in [0, 0.1) is 12.3 Å². The number of oxime groups is 1. The summed E-state index contributed by atoms with van der Waals surface area (Å²) in [6.45, 7) is 8.84.